The van der Waals surface area contributed by atoms with Crippen molar-refractivity contribution in [2.24, 2.45) is 0 Å². The Morgan fingerprint density at radius 2 is 1.83 bits per heavy atom. The van der Waals surface area contributed by atoms with Crippen molar-refractivity contribution in [3.63, 3.8) is 0 Å². The molecule has 1 aromatic heterocycles. The van der Waals surface area contributed by atoms with Gasteiger partial charge < -0.3 is 9.64 Å². The van der Waals surface area contributed by atoms with E-state index in [-0.39, 0.29) is 24.1 Å². The number of imide groups is 1. The molecule has 0 aliphatic carbocycles. The number of nitrogens with zero attached hydrogens (tertiary/aromatic N) is 4. The Labute approximate surface area is 175 Å². The summed E-state index contributed by atoms with van der Waals surface area (Å²) in [6.07, 6.45) is 3.35. The van der Waals surface area contributed by atoms with Gasteiger partial charge in [0.1, 0.15) is 5.75 Å². The van der Waals surface area contributed by atoms with Crippen LogP contribution in [0.25, 0.3) is 0 Å². The van der Waals surface area contributed by atoms with Gasteiger partial charge in [0.15, 0.2) is 0 Å². The Morgan fingerprint density at radius 1 is 1.10 bits per heavy atom. The van der Waals surface area contributed by atoms with E-state index in [2.05, 4.69) is 4.98 Å². The zero-order valence-corrected chi connectivity index (χ0v) is 16.9. The highest BCUT2D eigenvalue weighted by molar-refractivity contribution is 6.22. The molecule has 0 N–H and O–H groups in total. The molecular formula is C22H24N4O4. The first kappa shape index (κ1) is 20.0. The third-order valence-corrected chi connectivity index (χ3v) is 5.48. The summed E-state index contributed by atoms with van der Waals surface area (Å²) in [5.41, 5.74) is 1.11. The molecule has 2 saturated heterocycles. The van der Waals surface area contributed by atoms with Crippen LogP contribution in [0.15, 0.2) is 48.8 Å². The highest BCUT2D eigenvalue weighted by atomic mass is 16.5. The fourth-order valence-corrected chi connectivity index (χ4v) is 3.94. The number of carbonyl (C=O) groups is 3. The third kappa shape index (κ3) is 3.91. The van der Waals surface area contributed by atoms with Crippen LogP contribution in [0.3, 0.4) is 0 Å². The number of hydrogen-bond acceptors (Lipinski definition) is 6. The van der Waals surface area contributed by atoms with E-state index in [1.807, 2.05) is 11.8 Å². The number of hydrogen-bond donors (Lipinski definition) is 0. The van der Waals surface area contributed by atoms with E-state index in [4.69, 9.17) is 4.74 Å². The van der Waals surface area contributed by atoms with Crippen LogP contribution in [0.5, 0.6) is 5.75 Å². The topological polar surface area (TPSA) is 83.1 Å². The van der Waals surface area contributed by atoms with Crippen molar-refractivity contribution in [2.45, 2.75) is 19.4 Å². The summed E-state index contributed by atoms with van der Waals surface area (Å²) in [5, 5.41) is 0. The van der Waals surface area contributed by atoms with Crippen molar-refractivity contribution in [1.82, 2.24) is 14.8 Å². The zero-order valence-electron chi connectivity index (χ0n) is 16.9. The van der Waals surface area contributed by atoms with Gasteiger partial charge in [-0.1, -0.05) is 0 Å². The second-order valence-corrected chi connectivity index (χ2v) is 7.28. The van der Waals surface area contributed by atoms with Crippen LogP contribution >= 0.6 is 0 Å². The summed E-state index contributed by atoms with van der Waals surface area (Å²) < 4.78 is 5.42. The number of piperazine rings is 1. The lowest BCUT2D eigenvalue weighted by Gasteiger charge is -2.37. The van der Waals surface area contributed by atoms with Gasteiger partial charge in [-0.05, 0) is 43.3 Å². The van der Waals surface area contributed by atoms with E-state index in [9.17, 15) is 14.4 Å². The Balaban J connectivity index is 1.39. The van der Waals surface area contributed by atoms with Gasteiger partial charge in [-0.3, -0.25) is 24.3 Å². The standard InChI is InChI=1S/C22H24N4O4/c1-2-30-18-7-5-17(6-8-18)26-20(27)14-19(22(26)29)24-10-12-25(13-11-24)21(28)16-4-3-9-23-15-16/h3-9,15,19H,2,10-14H2,1H3/t19-/m0/s1. The van der Waals surface area contributed by atoms with Crippen molar-refractivity contribution in [2.75, 3.05) is 37.7 Å². The van der Waals surface area contributed by atoms with Crippen molar-refractivity contribution in [1.29, 1.82) is 0 Å². The molecule has 30 heavy (non-hydrogen) atoms. The predicted molar refractivity (Wildman–Crippen MR) is 110 cm³/mol. The number of ether oxygens (including phenoxy) is 1. The number of amides is 3. The van der Waals surface area contributed by atoms with Crippen LogP contribution in [0.4, 0.5) is 5.69 Å². The minimum atomic E-state index is -0.486. The first-order chi connectivity index (χ1) is 14.6. The smallest absolute Gasteiger partial charge is 0.255 e. The Kier molecular flexibility index (Phi) is 5.76. The van der Waals surface area contributed by atoms with E-state index in [1.54, 1.807) is 53.7 Å². The molecule has 0 radical (unpaired) electrons. The molecule has 156 valence electrons. The van der Waals surface area contributed by atoms with Crippen molar-refractivity contribution in [3.05, 3.63) is 54.4 Å². The number of benzene rings is 1. The van der Waals surface area contributed by atoms with Crippen molar-refractivity contribution >= 4 is 23.4 Å². The zero-order chi connectivity index (χ0) is 21.1. The maximum absolute atomic E-state index is 13.0. The first-order valence-corrected chi connectivity index (χ1v) is 10.1. The molecule has 3 amide bonds. The molecule has 8 heteroatoms. The molecule has 4 rings (SSSR count). The van der Waals surface area contributed by atoms with Gasteiger partial charge in [0, 0.05) is 38.6 Å². The Morgan fingerprint density at radius 3 is 2.47 bits per heavy atom. The van der Waals surface area contributed by atoms with E-state index >= 15 is 0 Å². The largest absolute Gasteiger partial charge is 0.494 e. The second kappa shape index (κ2) is 8.62. The van der Waals surface area contributed by atoms with Gasteiger partial charge in [0.2, 0.25) is 5.91 Å². The molecule has 2 aromatic rings. The van der Waals surface area contributed by atoms with Crippen molar-refractivity contribution in [3.8, 4) is 5.75 Å². The summed E-state index contributed by atoms with van der Waals surface area (Å²) in [5.74, 6) is 0.220. The molecule has 2 fully saturated rings. The van der Waals surface area contributed by atoms with E-state index in [1.165, 1.54) is 4.90 Å². The molecular weight excluding hydrogens is 384 g/mol. The van der Waals surface area contributed by atoms with Crippen LogP contribution in [-0.4, -0.2) is 71.3 Å². The minimum Gasteiger partial charge on any atom is -0.494 e. The molecule has 0 unspecified atom stereocenters. The Hall–Kier alpha value is -3.26. The fraction of sp³-hybridized carbons (Fsp3) is 0.364. The van der Waals surface area contributed by atoms with E-state index < -0.39 is 6.04 Å². The average molecular weight is 408 g/mol. The van der Waals surface area contributed by atoms with Crippen LogP contribution in [-0.2, 0) is 9.59 Å². The van der Waals surface area contributed by atoms with Crippen LogP contribution < -0.4 is 9.64 Å². The molecule has 1 aromatic carbocycles. The summed E-state index contributed by atoms with van der Waals surface area (Å²) in [7, 11) is 0. The lowest BCUT2D eigenvalue weighted by molar-refractivity contribution is -0.123. The maximum Gasteiger partial charge on any atom is 0.255 e. The third-order valence-electron chi connectivity index (χ3n) is 5.48. The maximum atomic E-state index is 13.0. The van der Waals surface area contributed by atoms with Crippen LogP contribution in [0.2, 0.25) is 0 Å². The number of anilines is 1. The number of pyridine rings is 1. The van der Waals surface area contributed by atoms with Gasteiger partial charge in [-0.2, -0.15) is 0 Å². The molecule has 0 bridgehead atoms. The fourth-order valence-electron chi connectivity index (χ4n) is 3.94. The van der Waals surface area contributed by atoms with Crippen LogP contribution in [0, 0.1) is 0 Å². The summed E-state index contributed by atoms with van der Waals surface area (Å²) in [6.45, 7) is 4.57. The lowest BCUT2D eigenvalue weighted by Crippen LogP contribution is -2.53. The SMILES string of the molecule is CCOc1ccc(N2C(=O)C[C@H](N3CCN(C(=O)c4cccnc4)CC3)C2=O)cc1. The van der Waals surface area contributed by atoms with E-state index in [0.717, 1.165) is 0 Å². The van der Waals surface area contributed by atoms with Gasteiger partial charge >= 0.3 is 0 Å². The highest BCUT2D eigenvalue weighted by Crippen LogP contribution is 2.28. The van der Waals surface area contributed by atoms with Crippen molar-refractivity contribution < 1.29 is 19.1 Å². The first-order valence-electron chi connectivity index (χ1n) is 10.1. The molecule has 3 heterocycles. The Bertz CT molecular complexity index is 924. The average Bonchev–Trinajstić information content (AvgIpc) is 3.09. The summed E-state index contributed by atoms with van der Waals surface area (Å²) in [4.78, 5) is 47.2. The molecule has 8 nitrogen and oxygen atoms in total. The second-order valence-electron chi connectivity index (χ2n) is 7.28. The van der Waals surface area contributed by atoms with Gasteiger partial charge in [-0.15, -0.1) is 0 Å². The van der Waals surface area contributed by atoms with E-state index in [0.29, 0.717) is 49.8 Å². The molecule has 0 spiro atoms. The molecule has 2 aliphatic heterocycles. The minimum absolute atomic E-state index is 0.0624. The molecule has 0 saturated carbocycles. The lowest BCUT2D eigenvalue weighted by atomic mass is 10.1. The number of aromatic nitrogens is 1. The molecule has 2 aliphatic rings. The normalized spacial score (nSPS) is 20.0. The number of rotatable bonds is 5. The molecule has 1 atom stereocenters. The summed E-state index contributed by atoms with van der Waals surface area (Å²) >= 11 is 0. The van der Waals surface area contributed by atoms with Gasteiger partial charge in [-0.25, -0.2) is 4.90 Å². The highest BCUT2D eigenvalue weighted by Gasteiger charge is 2.43. The van der Waals surface area contributed by atoms with Gasteiger partial charge in [0.05, 0.1) is 30.3 Å². The quantitative estimate of drug-likeness (QED) is 0.699. The number of carbonyl (C=O) groups excluding carboxylic acids is 3. The van der Waals surface area contributed by atoms with Gasteiger partial charge in [0.25, 0.3) is 11.8 Å². The van der Waals surface area contributed by atoms with Crippen LogP contribution in [0.1, 0.15) is 23.7 Å². The summed E-state index contributed by atoms with van der Waals surface area (Å²) in [6, 6.07) is 9.98. The monoisotopic (exact) mass is 408 g/mol. The predicted octanol–water partition coefficient (Wildman–Crippen LogP) is 1.57.